The van der Waals surface area contributed by atoms with Gasteiger partial charge in [-0.2, -0.15) is 0 Å². The van der Waals surface area contributed by atoms with Crippen LogP contribution in [0.1, 0.15) is 23.8 Å². The third-order valence-corrected chi connectivity index (χ3v) is 4.36. The van der Waals surface area contributed by atoms with Crippen molar-refractivity contribution in [2.75, 3.05) is 18.1 Å². The molecular formula is C12H11BrN2O3S. The molecule has 0 spiro atoms. The molecule has 1 unspecified atom stereocenters. The van der Waals surface area contributed by atoms with E-state index in [1.165, 1.54) is 16.2 Å². The summed E-state index contributed by atoms with van der Waals surface area (Å²) in [7, 11) is 0. The van der Waals surface area contributed by atoms with Crippen LogP contribution in [0.15, 0.2) is 3.79 Å². The van der Waals surface area contributed by atoms with Crippen molar-refractivity contribution in [3.63, 3.8) is 0 Å². The first kappa shape index (κ1) is 14.0. The van der Waals surface area contributed by atoms with E-state index in [0.717, 1.165) is 0 Å². The Morgan fingerprint density at radius 1 is 1.74 bits per heavy atom. The minimum atomic E-state index is -0.503. The summed E-state index contributed by atoms with van der Waals surface area (Å²) >= 11 is 4.49. The maximum Gasteiger partial charge on any atom is 0.359 e. The number of aromatic nitrogens is 1. The molecule has 1 aromatic heterocycles. The van der Waals surface area contributed by atoms with Crippen molar-refractivity contribution in [3.8, 4) is 12.3 Å². The van der Waals surface area contributed by atoms with Crippen LogP contribution >= 0.6 is 27.3 Å². The summed E-state index contributed by atoms with van der Waals surface area (Å²) in [5.74, 6) is 1.90. The van der Waals surface area contributed by atoms with E-state index in [4.69, 9.17) is 11.2 Å². The molecule has 0 aromatic carbocycles. The Labute approximate surface area is 123 Å². The molecule has 7 heteroatoms. The third kappa shape index (κ3) is 2.80. The first-order chi connectivity index (χ1) is 9.06. The molecule has 0 radical (unpaired) electrons. The highest BCUT2D eigenvalue weighted by atomic mass is 79.9. The molecule has 100 valence electrons. The minimum absolute atomic E-state index is 0.0698. The molecule has 1 aliphatic rings. The number of rotatable bonds is 3. The van der Waals surface area contributed by atoms with Crippen molar-refractivity contribution in [1.29, 1.82) is 0 Å². The zero-order valence-corrected chi connectivity index (χ0v) is 12.6. The number of amides is 1. The number of hydrogen-bond donors (Lipinski definition) is 0. The smallest absolute Gasteiger partial charge is 0.359 e. The molecular weight excluding hydrogens is 332 g/mol. The van der Waals surface area contributed by atoms with Crippen molar-refractivity contribution in [3.05, 3.63) is 9.48 Å². The second kappa shape index (κ2) is 5.72. The van der Waals surface area contributed by atoms with Gasteiger partial charge < -0.3 is 4.74 Å². The number of thiazole rings is 1. The molecule has 1 saturated heterocycles. The summed E-state index contributed by atoms with van der Waals surface area (Å²) in [4.78, 5) is 29.2. The summed E-state index contributed by atoms with van der Waals surface area (Å²) in [5.41, 5.74) is 0.193. The van der Waals surface area contributed by atoms with Gasteiger partial charge in [-0.25, -0.2) is 9.78 Å². The molecule has 2 heterocycles. The summed E-state index contributed by atoms with van der Waals surface area (Å²) in [6, 6.07) is 0. The van der Waals surface area contributed by atoms with Gasteiger partial charge in [0.2, 0.25) is 5.91 Å². The average Bonchev–Trinajstić information content (AvgIpc) is 2.92. The summed E-state index contributed by atoms with van der Waals surface area (Å²) in [6.07, 6.45) is 5.65. The Kier molecular flexibility index (Phi) is 4.22. The van der Waals surface area contributed by atoms with Gasteiger partial charge in [0, 0.05) is 18.9 Å². The standard InChI is InChI=1S/C12H11BrN2O3S/c1-3-7-5-8(16)15(6-7)12-14-9(10(13)19-12)11(17)18-4-2/h1,7H,4-6H2,2H3. The third-order valence-electron chi connectivity index (χ3n) is 2.63. The Hall–Kier alpha value is -1.39. The lowest BCUT2D eigenvalue weighted by Gasteiger charge is -2.10. The van der Waals surface area contributed by atoms with Gasteiger partial charge >= 0.3 is 5.97 Å². The first-order valence-electron chi connectivity index (χ1n) is 5.66. The lowest BCUT2D eigenvalue weighted by molar-refractivity contribution is -0.117. The van der Waals surface area contributed by atoms with Crippen LogP contribution in [0.2, 0.25) is 0 Å². The van der Waals surface area contributed by atoms with E-state index in [2.05, 4.69) is 26.8 Å². The number of terminal acetylenes is 1. The largest absolute Gasteiger partial charge is 0.461 e. The Balaban J connectivity index is 2.23. The topological polar surface area (TPSA) is 59.5 Å². The van der Waals surface area contributed by atoms with E-state index in [1.807, 2.05) is 0 Å². The van der Waals surface area contributed by atoms with Crippen molar-refractivity contribution in [2.45, 2.75) is 13.3 Å². The summed E-state index contributed by atoms with van der Waals surface area (Å²) in [6.45, 7) is 2.44. The van der Waals surface area contributed by atoms with E-state index >= 15 is 0 Å². The Morgan fingerprint density at radius 3 is 3.05 bits per heavy atom. The molecule has 5 nitrogen and oxygen atoms in total. The molecule has 0 saturated carbocycles. The SMILES string of the molecule is C#CC1CC(=O)N(c2nc(C(=O)OCC)c(Br)s2)C1. The Bertz CT molecular complexity index is 564. The van der Waals surface area contributed by atoms with Gasteiger partial charge in [0.15, 0.2) is 10.8 Å². The van der Waals surface area contributed by atoms with E-state index in [-0.39, 0.29) is 24.1 Å². The second-order valence-corrected chi connectivity index (χ2v) is 6.21. The quantitative estimate of drug-likeness (QED) is 0.623. The van der Waals surface area contributed by atoms with Crippen molar-refractivity contribution >= 4 is 44.3 Å². The van der Waals surface area contributed by atoms with Gasteiger partial charge in [0.25, 0.3) is 0 Å². The molecule has 0 bridgehead atoms. The molecule has 2 rings (SSSR count). The molecule has 19 heavy (non-hydrogen) atoms. The number of hydrogen-bond acceptors (Lipinski definition) is 5. The summed E-state index contributed by atoms with van der Waals surface area (Å²) in [5, 5.41) is 0.470. The highest BCUT2D eigenvalue weighted by Crippen LogP contribution is 2.34. The lowest BCUT2D eigenvalue weighted by atomic mass is 10.1. The van der Waals surface area contributed by atoms with Crippen LogP contribution in [-0.4, -0.2) is 30.0 Å². The molecule has 1 aliphatic heterocycles. The van der Waals surface area contributed by atoms with Crippen LogP contribution in [0.25, 0.3) is 0 Å². The van der Waals surface area contributed by atoms with E-state index in [9.17, 15) is 9.59 Å². The first-order valence-corrected chi connectivity index (χ1v) is 7.27. The van der Waals surface area contributed by atoms with Crippen LogP contribution in [0.5, 0.6) is 0 Å². The number of carbonyl (C=O) groups excluding carboxylic acids is 2. The fourth-order valence-corrected chi connectivity index (χ4v) is 3.23. The average molecular weight is 343 g/mol. The second-order valence-electron chi connectivity index (χ2n) is 3.91. The van der Waals surface area contributed by atoms with Crippen molar-refractivity contribution in [1.82, 2.24) is 4.98 Å². The van der Waals surface area contributed by atoms with Gasteiger partial charge in [-0.1, -0.05) is 11.3 Å². The lowest BCUT2D eigenvalue weighted by Crippen LogP contribution is -2.24. The predicted octanol–water partition coefficient (Wildman–Crippen LogP) is 2.07. The van der Waals surface area contributed by atoms with Crippen LogP contribution in [0.3, 0.4) is 0 Å². The van der Waals surface area contributed by atoms with E-state index < -0.39 is 5.97 Å². The van der Waals surface area contributed by atoms with Gasteiger partial charge in [-0.3, -0.25) is 9.69 Å². The van der Waals surface area contributed by atoms with Crippen LogP contribution < -0.4 is 4.90 Å². The van der Waals surface area contributed by atoms with Crippen LogP contribution in [0, 0.1) is 18.3 Å². The zero-order valence-electron chi connectivity index (χ0n) is 10.2. The molecule has 1 amide bonds. The monoisotopic (exact) mass is 342 g/mol. The molecule has 1 aromatic rings. The van der Waals surface area contributed by atoms with E-state index in [1.54, 1.807) is 6.92 Å². The number of halogens is 1. The Morgan fingerprint density at radius 2 is 2.47 bits per heavy atom. The highest BCUT2D eigenvalue weighted by molar-refractivity contribution is 9.11. The maximum absolute atomic E-state index is 11.8. The fourth-order valence-electron chi connectivity index (χ4n) is 1.74. The predicted molar refractivity (Wildman–Crippen MR) is 75.1 cm³/mol. The van der Waals surface area contributed by atoms with Gasteiger partial charge in [0.1, 0.15) is 3.79 Å². The van der Waals surface area contributed by atoms with Crippen molar-refractivity contribution in [2.24, 2.45) is 5.92 Å². The molecule has 1 atom stereocenters. The van der Waals surface area contributed by atoms with Crippen molar-refractivity contribution < 1.29 is 14.3 Å². The highest BCUT2D eigenvalue weighted by Gasteiger charge is 2.32. The zero-order chi connectivity index (χ0) is 14.0. The number of anilines is 1. The summed E-state index contributed by atoms with van der Waals surface area (Å²) < 4.78 is 5.45. The minimum Gasteiger partial charge on any atom is -0.461 e. The molecule has 0 aliphatic carbocycles. The van der Waals surface area contributed by atoms with Gasteiger partial charge in [0.05, 0.1) is 6.61 Å². The normalized spacial score (nSPS) is 18.5. The maximum atomic E-state index is 11.8. The fraction of sp³-hybridized carbons (Fsp3) is 0.417. The number of nitrogens with zero attached hydrogens (tertiary/aromatic N) is 2. The number of esters is 1. The van der Waals surface area contributed by atoms with E-state index in [0.29, 0.717) is 21.9 Å². The van der Waals surface area contributed by atoms with Crippen LogP contribution in [-0.2, 0) is 9.53 Å². The van der Waals surface area contributed by atoms with Gasteiger partial charge in [-0.05, 0) is 22.9 Å². The number of ether oxygens (including phenoxy) is 1. The van der Waals surface area contributed by atoms with Gasteiger partial charge in [-0.15, -0.1) is 12.3 Å². The van der Waals surface area contributed by atoms with Crippen LogP contribution in [0.4, 0.5) is 5.13 Å². The molecule has 1 fully saturated rings. The number of carbonyl (C=O) groups is 2. The molecule has 0 N–H and O–H groups in total.